The van der Waals surface area contributed by atoms with Crippen molar-refractivity contribution in [2.24, 2.45) is 0 Å². The molecule has 7 nitrogen and oxygen atoms in total. The average molecular weight is 364 g/mol. The van der Waals surface area contributed by atoms with E-state index >= 15 is 0 Å². The monoisotopic (exact) mass is 364 g/mol. The highest BCUT2D eigenvalue weighted by Gasteiger charge is 2.26. The lowest BCUT2D eigenvalue weighted by Gasteiger charge is -2.35. The van der Waals surface area contributed by atoms with Crippen molar-refractivity contribution in [2.75, 3.05) is 31.1 Å². The molecule has 0 saturated carbocycles. The normalized spacial score (nSPS) is 14.7. The molecule has 0 unspecified atom stereocenters. The summed E-state index contributed by atoms with van der Waals surface area (Å²) in [5.41, 5.74) is 2.61. The molecular formula is C20H24N6O. The molecule has 1 aliphatic rings. The SMILES string of the molecule is CCCn1ncc(C(=O)N2CCN(c3ncnc4ccccc34)CC2)c1C. The van der Waals surface area contributed by atoms with Crippen molar-refractivity contribution in [1.82, 2.24) is 24.6 Å². The van der Waals surface area contributed by atoms with E-state index < -0.39 is 0 Å². The minimum Gasteiger partial charge on any atom is -0.352 e. The van der Waals surface area contributed by atoms with Gasteiger partial charge in [0.1, 0.15) is 12.1 Å². The molecular weight excluding hydrogens is 340 g/mol. The first-order chi connectivity index (χ1) is 13.2. The number of carbonyl (C=O) groups excluding carboxylic acids is 1. The standard InChI is InChI=1S/C20H24N6O/c1-3-8-26-15(2)17(13-23-26)20(27)25-11-9-24(10-12-25)19-16-6-4-5-7-18(16)21-14-22-19/h4-7,13-14H,3,8-12H2,1-2H3. The molecule has 7 heteroatoms. The summed E-state index contributed by atoms with van der Waals surface area (Å²) in [6.45, 7) is 7.79. The van der Waals surface area contributed by atoms with Crippen LogP contribution in [0.15, 0.2) is 36.8 Å². The number of para-hydroxylation sites is 1. The molecule has 3 aromatic rings. The van der Waals surface area contributed by atoms with Crippen LogP contribution in [0.3, 0.4) is 0 Å². The lowest BCUT2D eigenvalue weighted by Crippen LogP contribution is -2.49. The first-order valence-corrected chi connectivity index (χ1v) is 9.45. The Bertz CT molecular complexity index is 953. The van der Waals surface area contributed by atoms with Gasteiger partial charge in [-0.1, -0.05) is 19.1 Å². The number of nitrogens with zero attached hydrogens (tertiary/aromatic N) is 6. The van der Waals surface area contributed by atoms with Crippen LogP contribution in [-0.4, -0.2) is 56.7 Å². The fourth-order valence-corrected chi connectivity index (χ4v) is 3.63. The van der Waals surface area contributed by atoms with Gasteiger partial charge in [0.15, 0.2) is 0 Å². The minimum absolute atomic E-state index is 0.0713. The molecule has 3 heterocycles. The van der Waals surface area contributed by atoms with E-state index in [1.54, 1.807) is 12.5 Å². The number of carbonyl (C=O) groups is 1. The molecule has 0 aliphatic carbocycles. The Morgan fingerprint density at radius 3 is 2.67 bits per heavy atom. The second-order valence-corrected chi connectivity index (χ2v) is 6.86. The van der Waals surface area contributed by atoms with Gasteiger partial charge in [-0.05, 0) is 25.5 Å². The van der Waals surface area contributed by atoms with Gasteiger partial charge in [-0.25, -0.2) is 9.97 Å². The van der Waals surface area contributed by atoms with Gasteiger partial charge in [0.05, 0.1) is 17.3 Å². The fourth-order valence-electron chi connectivity index (χ4n) is 3.63. The maximum absolute atomic E-state index is 12.9. The van der Waals surface area contributed by atoms with Crippen molar-refractivity contribution in [3.05, 3.63) is 48.0 Å². The molecule has 4 rings (SSSR count). The Balaban J connectivity index is 1.48. The van der Waals surface area contributed by atoms with Crippen LogP contribution in [0.4, 0.5) is 5.82 Å². The topological polar surface area (TPSA) is 67.2 Å². The van der Waals surface area contributed by atoms with Gasteiger partial charge in [-0.3, -0.25) is 9.48 Å². The number of benzene rings is 1. The lowest BCUT2D eigenvalue weighted by atomic mass is 10.2. The van der Waals surface area contributed by atoms with Gasteiger partial charge in [-0.15, -0.1) is 0 Å². The van der Waals surface area contributed by atoms with Crippen LogP contribution < -0.4 is 4.90 Å². The van der Waals surface area contributed by atoms with Crippen molar-refractivity contribution < 1.29 is 4.79 Å². The Morgan fingerprint density at radius 2 is 1.89 bits per heavy atom. The third-order valence-electron chi connectivity index (χ3n) is 5.16. The first kappa shape index (κ1) is 17.5. The quantitative estimate of drug-likeness (QED) is 0.712. The average Bonchev–Trinajstić information content (AvgIpc) is 3.08. The van der Waals surface area contributed by atoms with Gasteiger partial charge in [0, 0.05) is 43.8 Å². The number of aromatic nitrogens is 4. The zero-order valence-electron chi connectivity index (χ0n) is 15.8. The number of aryl methyl sites for hydroxylation is 1. The van der Waals surface area contributed by atoms with Crippen molar-refractivity contribution >= 4 is 22.6 Å². The van der Waals surface area contributed by atoms with Crippen molar-refractivity contribution in [1.29, 1.82) is 0 Å². The predicted molar refractivity (Wildman–Crippen MR) is 105 cm³/mol. The summed E-state index contributed by atoms with van der Waals surface area (Å²) in [5.74, 6) is 1.02. The van der Waals surface area contributed by atoms with Gasteiger partial charge in [0.2, 0.25) is 0 Å². The Labute approximate surface area is 158 Å². The number of piperazine rings is 1. The van der Waals surface area contributed by atoms with E-state index in [-0.39, 0.29) is 5.91 Å². The van der Waals surface area contributed by atoms with Gasteiger partial charge >= 0.3 is 0 Å². The first-order valence-electron chi connectivity index (χ1n) is 9.45. The molecule has 0 spiro atoms. The number of amides is 1. The maximum atomic E-state index is 12.9. The van der Waals surface area contributed by atoms with Crippen LogP contribution in [-0.2, 0) is 6.54 Å². The summed E-state index contributed by atoms with van der Waals surface area (Å²) in [4.78, 5) is 25.9. The molecule has 140 valence electrons. The number of fused-ring (bicyclic) bond motifs is 1. The van der Waals surface area contributed by atoms with Crippen LogP contribution in [0.5, 0.6) is 0 Å². The van der Waals surface area contributed by atoms with Gasteiger partial charge in [0.25, 0.3) is 5.91 Å². The smallest absolute Gasteiger partial charge is 0.257 e. The largest absolute Gasteiger partial charge is 0.352 e. The summed E-state index contributed by atoms with van der Waals surface area (Å²) in [7, 11) is 0. The Morgan fingerprint density at radius 1 is 1.11 bits per heavy atom. The van der Waals surface area contributed by atoms with Gasteiger partial charge < -0.3 is 9.80 Å². The Kier molecular flexibility index (Phi) is 4.75. The highest BCUT2D eigenvalue weighted by Crippen LogP contribution is 2.24. The number of hydrogen-bond donors (Lipinski definition) is 0. The fraction of sp³-hybridized carbons (Fsp3) is 0.400. The van der Waals surface area contributed by atoms with Crippen LogP contribution in [0.1, 0.15) is 29.4 Å². The number of rotatable bonds is 4. The van der Waals surface area contributed by atoms with Crippen LogP contribution >= 0.6 is 0 Å². The zero-order chi connectivity index (χ0) is 18.8. The highest BCUT2D eigenvalue weighted by molar-refractivity contribution is 5.95. The van der Waals surface area contributed by atoms with Crippen molar-refractivity contribution in [3.63, 3.8) is 0 Å². The summed E-state index contributed by atoms with van der Waals surface area (Å²) < 4.78 is 1.91. The third kappa shape index (κ3) is 3.25. The molecule has 1 amide bonds. The molecule has 1 aliphatic heterocycles. The van der Waals surface area contributed by atoms with E-state index in [2.05, 4.69) is 26.9 Å². The van der Waals surface area contributed by atoms with E-state index in [9.17, 15) is 4.79 Å². The summed E-state index contributed by atoms with van der Waals surface area (Å²) >= 11 is 0. The molecule has 0 bridgehead atoms. The number of hydrogen-bond acceptors (Lipinski definition) is 5. The highest BCUT2D eigenvalue weighted by atomic mass is 16.2. The van der Waals surface area contributed by atoms with E-state index in [0.717, 1.165) is 48.5 Å². The van der Waals surface area contributed by atoms with Crippen molar-refractivity contribution in [3.8, 4) is 0 Å². The van der Waals surface area contributed by atoms with Crippen LogP contribution in [0.25, 0.3) is 10.9 Å². The van der Waals surface area contributed by atoms with E-state index in [4.69, 9.17) is 0 Å². The van der Waals surface area contributed by atoms with E-state index in [0.29, 0.717) is 18.7 Å². The maximum Gasteiger partial charge on any atom is 0.257 e. The zero-order valence-corrected chi connectivity index (χ0v) is 15.8. The second kappa shape index (κ2) is 7.34. The van der Waals surface area contributed by atoms with Gasteiger partial charge in [-0.2, -0.15) is 5.10 Å². The van der Waals surface area contributed by atoms with Crippen LogP contribution in [0.2, 0.25) is 0 Å². The summed E-state index contributed by atoms with van der Waals surface area (Å²) in [6.07, 6.45) is 4.32. The van der Waals surface area contributed by atoms with Crippen molar-refractivity contribution in [2.45, 2.75) is 26.8 Å². The molecule has 1 fully saturated rings. The second-order valence-electron chi connectivity index (χ2n) is 6.86. The summed E-state index contributed by atoms with van der Waals surface area (Å²) in [6, 6.07) is 8.03. The van der Waals surface area contributed by atoms with E-state index in [1.807, 2.05) is 40.8 Å². The van der Waals surface area contributed by atoms with Crippen LogP contribution in [0, 0.1) is 6.92 Å². The molecule has 0 atom stereocenters. The van der Waals surface area contributed by atoms with E-state index in [1.165, 1.54) is 0 Å². The third-order valence-corrected chi connectivity index (χ3v) is 5.16. The molecule has 0 N–H and O–H groups in total. The molecule has 1 aromatic carbocycles. The molecule has 0 radical (unpaired) electrons. The summed E-state index contributed by atoms with van der Waals surface area (Å²) in [5, 5.41) is 5.41. The molecule has 27 heavy (non-hydrogen) atoms. The minimum atomic E-state index is 0.0713. The molecule has 1 saturated heterocycles. The Hall–Kier alpha value is -2.96. The predicted octanol–water partition coefficient (Wildman–Crippen LogP) is 2.51. The lowest BCUT2D eigenvalue weighted by molar-refractivity contribution is 0.0745. The molecule has 2 aromatic heterocycles. The number of anilines is 1.